The normalized spacial score (nSPS) is 18.7. The maximum atomic E-state index is 12.4. The van der Waals surface area contributed by atoms with Gasteiger partial charge in [0.1, 0.15) is 0 Å². The summed E-state index contributed by atoms with van der Waals surface area (Å²) < 4.78 is 25.0. The van der Waals surface area contributed by atoms with Gasteiger partial charge >= 0.3 is 6.03 Å². The number of benzene rings is 1. The third-order valence-corrected chi connectivity index (χ3v) is 4.69. The number of sulfonamides is 1. The monoisotopic (exact) mass is 339 g/mol. The molecule has 0 unspecified atom stereocenters. The molecule has 0 saturated carbocycles. The third-order valence-electron chi connectivity index (χ3n) is 4.00. The smallest absolute Gasteiger partial charge is 0.317 e. The fourth-order valence-corrected chi connectivity index (χ4v) is 3.28. The van der Waals surface area contributed by atoms with Gasteiger partial charge in [0.15, 0.2) is 0 Å². The molecule has 2 amide bonds. The van der Waals surface area contributed by atoms with Crippen molar-refractivity contribution in [2.24, 2.45) is 0 Å². The van der Waals surface area contributed by atoms with Crippen molar-refractivity contribution in [3.05, 3.63) is 35.9 Å². The Morgan fingerprint density at radius 3 is 2.70 bits per heavy atom. The van der Waals surface area contributed by atoms with E-state index < -0.39 is 10.0 Å². The van der Waals surface area contributed by atoms with E-state index in [1.807, 2.05) is 30.3 Å². The van der Waals surface area contributed by atoms with Crippen LogP contribution in [-0.4, -0.2) is 51.3 Å². The molecule has 128 valence electrons. The molecular weight excluding hydrogens is 314 g/mol. The van der Waals surface area contributed by atoms with Crippen molar-refractivity contribution in [3.8, 4) is 0 Å². The summed E-state index contributed by atoms with van der Waals surface area (Å²) in [5.41, 5.74) is 1.18. The Kier molecular flexibility index (Phi) is 6.41. The van der Waals surface area contributed by atoms with Crippen molar-refractivity contribution < 1.29 is 13.2 Å². The second kappa shape index (κ2) is 8.31. The van der Waals surface area contributed by atoms with E-state index in [-0.39, 0.29) is 18.6 Å². The number of amides is 2. The van der Waals surface area contributed by atoms with Crippen LogP contribution in [0.4, 0.5) is 4.79 Å². The van der Waals surface area contributed by atoms with E-state index in [1.54, 1.807) is 4.90 Å². The highest BCUT2D eigenvalue weighted by atomic mass is 32.2. The third kappa shape index (κ3) is 6.19. The van der Waals surface area contributed by atoms with Crippen LogP contribution in [0.25, 0.3) is 0 Å². The number of piperidine rings is 1. The number of likely N-dealkylation sites (tertiary alicyclic amines) is 1. The van der Waals surface area contributed by atoms with E-state index >= 15 is 0 Å². The molecule has 1 aliphatic heterocycles. The van der Waals surface area contributed by atoms with E-state index in [4.69, 9.17) is 0 Å². The first kappa shape index (κ1) is 17.7. The SMILES string of the molecule is CS(=O)(=O)NC[C@@H]1CCCCN1C(=O)NCCc1ccccc1. The number of carbonyl (C=O) groups excluding carboxylic acids is 1. The van der Waals surface area contributed by atoms with Crippen molar-refractivity contribution in [1.29, 1.82) is 0 Å². The Bertz CT molecular complexity index is 604. The molecule has 6 nitrogen and oxygen atoms in total. The van der Waals surface area contributed by atoms with Crippen LogP contribution in [0.15, 0.2) is 30.3 Å². The second-order valence-corrected chi connectivity index (χ2v) is 7.76. The summed E-state index contributed by atoms with van der Waals surface area (Å²) in [7, 11) is -3.23. The molecule has 1 atom stereocenters. The molecule has 2 N–H and O–H groups in total. The molecule has 0 aromatic heterocycles. The first-order valence-corrected chi connectivity index (χ1v) is 9.88. The van der Waals surface area contributed by atoms with Crippen molar-refractivity contribution in [1.82, 2.24) is 14.9 Å². The zero-order chi connectivity index (χ0) is 16.7. The number of hydrogen-bond donors (Lipinski definition) is 2. The highest BCUT2D eigenvalue weighted by Crippen LogP contribution is 2.16. The van der Waals surface area contributed by atoms with Crippen LogP contribution in [0, 0.1) is 0 Å². The van der Waals surface area contributed by atoms with Gasteiger partial charge in [-0.05, 0) is 31.2 Å². The number of carbonyl (C=O) groups is 1. The molecule has 7 heteroatoms. The predicted molar refractivity (Wildman–Crippen MR) is 90.7 cm³/mol. The maximum absolute atomic E-state index is 12.4. The number of nitrogens with one attached hydrogen (secondary N) is 2. The Morgan fingerprint density at radius 1 is 1.26 bits per heavy atom. The fourth-order valence-electron chi connectivity index (χ4n) is 2.79. The molecule has 0 bridgehead atoms. The van der Waals surface area contributed by atoms with Gasteiger partial charge in [0, 0.05) is 25.7 Å². The Labute approximate surface area is 138 Å². The van der Waals surface area contributed by atoms with Gasteiger partial charge in [0.2, 0.25) is 10.0 Å². The van der Waals surface area contributed by atoms with Gasteiger partial charge in [-0.1, -0.05) is 30.3 Å². The molecule has 0 spiro atoms. The number of rotatable bonds is 6. The molecule has 1 saturated heterocycles. The summed E-state index contributed by atoms with van der Waals surface area (Å²) in [4.78, 5) is 14.1. The highest BCUT2D eigenvalue weighted by molar-refractivity contribution is 7.88. The summed E-state index contributed by atoms with van der Waals surface area (Å²) in [5, 5.41) is 2.94. The molecule has 0 aliphatic carbocycles. The average Bonchev–Trinajstić information content (AvgIpc) is 2.53. The number of nitrogens with zero attached hydrogens (tertiary/aromatic N) is 1. The van der Waals surface area contributed by atoms with Crippen molar-refractivity contribution in [2.75, 3.05) is 25.9 Å². The lowest BCUT2D eigenvalue weighted by Gasteiger charge is -2.35. The average molecular weight is 339 g/mol. The van der Waals surface area contributed by atoms with Crippen LogP contribution in [0.2, 0.25) is 0 Å². The van der Waals surface area contributed by atoms with Crippen LogP contribution < -0.4 is 10.0 Å². The highest BCUT2D eigenvalue weighted by Gasteiger charge is 2.26. The topological polar surface area (TPSA) is 78.5 Å². The van der Waals surface area contributed by atoms with E-state index in [1.165, 1.54) is 5.56 Å². The summed E-state index contributed by atoms with van der Waals surface area (Å²) >= 11 is 0. The van der Waals surface area contributed by atoms with Gasteiger partial charge in [-0.2, -0.15) is 0 Å². The van der Waals surface area contributed by atoms with Crippen LogP contribution in [0.1, 0.15) is 24.8 Å². The molecule has 1 heterocycles. The van der Waals surface area contributed by atoms with Gasteiger partial charge in [0.25, 0.3) is 0 Å². The van der Waals surface area contributed by atoms with E-state index in [2.05, 4.69) is 10.0 Å². The second-order valence-electron chi connectivity index (χ2n) is 5.93. The number of hydrogen-bond acceptors (Lipinski definition) is 3. The summed E-state index contributed by atoms with van der Waals surface area (Å²) in [6.45, 7) is 1.53. The lowest BCUT2D eigenvalue weighted by molar-refractivity contribution is 0.152. The van der Waals surface area contributed by atoms with E-state index in [0.717, 1.165) is 31.9 Å². The molecule has 0 radical (unpaired) electrons. The van der Waals surface area contributed by atoms with Gasteiger partial charge in [-0.15, -0.1) is 0 Å². The first-order chi connectivity index (χ1) is 11.0. The molecular formula is C16H25N3O3S. The predicted octanol–water partition coefficient (Wildman–Crippen LogP) is 1.34. The standard InChI is InChI=1S/C16H25N3O3S/c1-23(21,22)18-13-15-9-5-6-12-19(15)16(20)17-11-10-14-7-3-2-4-8-14/h2-4,7-8,15,18H,5-6,9-13H2,1H3,(H,17,20)/t15-/m0/s1. The zero-order valence-electron chi connectivity index (χ0n) is 13.5. The largest absolute Gasteiger partial charge is 0.338 e. The number of urea groups is 1. The van der Waals surface area contributed by atoms with E-state index in [0.29, 0.717) is 13.1 Å². The summed E-state index contributed by atoms with van der Waals surface area (Å²) in [6.07, 6.45) is 4.73. The Morgan fingerprint density at radius 2 is 2.00 bits per heavy atom. The molecule has 1 fully saturated rings. The minimum atomic E-state index is -3.23. The fraction of sp³-hybridized carbons (Fsp3) is 0.562. The van der Waals surface area contributed by atoms with Crippen LogP contribution in [0.3, 0.4) is 0 Å². The minimum Gasteiger partial charge on any atom is -0.338 e. The van der Waals surface area contributed by atoms with Crippen LogP contribution in [0.5, 0.6) is 0 Å². The lowest BCUT2D eigenvalue weighted by atomic mass is 10.0. The molecule has 1 aliphatic rings. The molecule has 1 aromatic carbocycles. The van der Waals surface area contributed by atoms with Gasteiger partial charge in [-0.25, -0.2) is 17.9 Å². The van der Waals surface area contributed by atoms with Crippen molar-refractivity contribution in [3.63, 3.8) is 0 Å². The molecule has 23 heavy (non-hydrogen) atoms. The first-order valence-electron chi connectivity index (χ1n) is 7.99. The quantitative estimate of drug-likeness (QED) is 0.821. The minimum absolute atomic E-state index is 0.0739. The van der Waals surface area contributed by atoms with E-state index in [9.17, 15) is 13.2 Å². The summed E-state index contributed by atoms with van der Waals surface area (Å²) in [6, 6.07) is 9.81. The zero-order valence-corrected chi connectivity index (χ0v) is 14.3. The van der Waals surface area contributed by atoms with Gasteiger partial charge < -0.3 is 10.2 Å². The maximum Gasteiger partial charge on any atom is 0.317 e. The Balaban J connectivity index is 1.82. The Hall–Kier alpha value is -1.60. The molecule has 1 aromatic rings. The van der Waals surface area contributed by atoms with Crippen molar-refractivity contribution >= 4 is 16.1 Å². The molecule has 2 rings (SSSR count). The van der Waals surface area contributed by atoms with Crippen molar-refractivity contribution in [2.45, 2.75) is 31.7 Å². The van der Waals surface area contributed by atoms with Crippen LogP contribution >= 0.6 is 0 Å². The van der Waals surface area contributed by atoms with Crippen LogP contribution in [-0.2, 0) is 16.4 Å². The van der Waals surface area contributed by atoms with Gasteiger partial charge in [-0.3, -0.25) is 0 Å². The summed E-state index contributed by atoms with van der Waals surface area (Å²) in [5.74, 6) is 0. The lowest BCUT2D eigenvalue weighted by Crippen LogP contribution is -2.52. The van der Waals surface area contributed by atoms with Gasteiger partial charge in [0.05, 0.1) is 6.26 Å².